The maximum atomic E-state index is 6.49. The summed E-state index contributed by atoms with van der Waals surface area (Å²) in [5.74, 6) is 0. The largest absolute Gasteiger partial charge is 0.455 e. The SMILES string of the molecule is c1ccc(-c2ccc(-c3ccc(N(c4ccc(-c5ccccc5)cc4)c4ccccc4-c4cccc5c4ccc4c6ccccc6oc54)cc3)cc2)cc1. The molecule has 0 radical (unpaired) electrons. The Morgan fingerprint density at radius 3 is 1.31 bits per heavy atom. The Bertz CT molecular complexity index is 2890. The zero-order valence-corrected chi connectivity index (χ0v) is 29.6. The van der Waals surface area contributed by atoms with Gasteiger partial charge in [-0.3, -0.25) is 0 Å². The van der Waals surface area contributed by atoms with Crippen molar-refractivity contribution in [1.29, 1.82) is 0 Å². The second-order valence-corrected chi connectivity index (χ2v) is 13.7. The van der Waals surface area contributed by atoms with E-state index in [0.29, 0.717) is 0 Å². The van der Waals surface area contributed by atoms with Crippen molar-refractivity contribution in [3.8, 4) is 44.5 Å². The Kier molecular flexibility index (Phi) is 7.85. The number of furan rings is 1. The van der Waals surface area contributed by atoms with Crippen LogP contribution in [0.2, 0.25) is 0 Å². The molecule has 0 spiro atoms. The van der Waals surface area contributed by atoms with Crippen LogP contribution in [0.4, 0.5) is 17.1 Å². The van der Waals surface area contributed by atoms with Gasteiger partial charge in [-0.15, -0.1) is 0 Å². The smallest absolute Gasteiger partial charge is 0.143 e. The van der Waals surface area contributed by atoms with Crippen molar-refractivity contribution in [3.05, 3.63) is 212 Å². The van der Waals surface area contributed by atoms with Gasteiger partial charge in [-0.1, -0.05) is 170 Å². The maximum Gasteiger partial charge on any atom is 0.143 e. The predicted octanol–water partition coefficient (Wildman–Crippen LogP) is 14.9. The van der Waals surface area contributed by atoms with Gasteiger partial charge in [0, 0.05) is 33.1 Å². The molecule has 254 valence electrons. The van der Waals surface area contributed by atoms with Crippen LogP contribution < -0.4 is 4.90 Å². The zero-order chi connectivity index (χ0) is 35.8. The number of hydrogen-bond acceptors (Lipinski definition) is 2. The molecule has 9 aromatic carbocycles. The third kappa shape index (κ3) is 5.62. The van der Waals surface area contributed by atoms with Gasteiger partial charge in [0.1, 0.15) is 11.2 Å². The van der Waals surface area contributed by atoms with Crippen LogP contribution in [-0.2, 0) is 0 Å². The van der Waals surface area contributed by atoms with E-state index in [1.54, 1.807) is 0 Å². The van der Waals surface area contributed by atoms with Crippen LogP contribution in [-0.4, -0.2) is 0 Å². The number of anilines is 3. The highest BCUT2D eigenvalue weighted by Gasteiger charge is 2.20. The summed E-state index contributed by atoms with van der Waals surface area (Å²) in [6.07, 6.45) is 0. The van der Waals surface area contributed by atoms with Crippen molar-refractivity contribution in [3.63, 3.8) is 0 Å². The molecule has 0 aliphatic carbocycles. The van der Waals surface area contributed by atoms with Crippen LogP contribution >= 0.6 is 0 Å². The van der Waals surface area contributed by atoms with Crippen LogP contribution in [0, 0.1) is 0 Å². The maximum absolute atomic E-state index is 6.49. The number of hydrogen-bond donors (Lipinski definition) is 0. The van der Waals surface area contributed by atoms with Gasteiger partial charge in [0.25, 0.3) is 0 Å². The Balaban J connectivity index is 1.09. The van der Waals surface area contributed by atoms with Gasteiger partial charge in [-0.25, -0.2) is 0 Å². The lowest BCUT2D eigenvalue weighted by Crippen LogP contribution is -2.11. The van der Waals surface area contributed by atoms with Gasteiger partial charge < -0.3 is 9.32 Å². The van der Waals surface area contributed by atoms with Crippen LogP contribution in [0.1, 0.15) is 0 Å². The van der Waals surface area contributed by atoms with Crippen molar-refractivity contribution in [1.82, 2.24) is 0 Å². The van der Waals surface area contributed by atoms with E-state index in [2.05, 4.69) is 205 Å². The summed E-state index contributed by atoms with van der Waals surface area (Å²) < 4.78 is 6.49. The number of fused-ring (bicyclic) bond motifs is 5. The standard InChI is InChI=1S/C52H35NO/c1-3-12-36(13-4-1)38-22-24-39(25-23-38)41-28-32-43(33-29-41)53(42-30-26-40(27-31-42)37-14-5-2-6-15-37)50-20-9-7-16-46(50)44-18-11-19-48-45(44)34-35-49-47-17-8-10-21-51(47)54-52(48)49/h1-35H. The van der Waals surface area contributed by atoms with Crippen LogP contribution in [0.3, 0.4) is 0 Å². The average molecular weight is 690 g/mol. The molecule has 0 saturated carbocycles. The van der Waals surface area contributed by atoms with Gasteiger partial charge in [-0.2, -0.15) is 0 Å². The van der Waals surface area contributed by atoms with Gasteiger partial charge in [0.2, 0.25) is 0 Å². The van der Waals surface area contributed by atoms with E-state index in [0.717, 1.165) is 60.9 Å². The molecule has 1 aromatic heterocycles. The molecule has 0 saturated heterocycles. The first kappa shape index (κ1) is 31.6. The summed E-state index contributed by atoms with van der Waals surface area (Å²) in [4.78, 5) is 2.38. The number of benzene rings is 9. The quantitative estimate of drug-likeness (QED) is 0.166. The summed E-state index contributed by atoms with van der Waals surface area (Å²) >= 11 is 0. The van der Waals surface area contributed by atoms with E-state index in [4.69, 9.17) is 4.42 Å². The molecular formula is C52H35NO. The predicted molar refractivity (Wildman–Crippen MR) is 228 cm³/mol. The Hall–Kier alpha value is -7.16. The van der Waals surface area contributed by atoms with Crippen molar-refractivity contribution >= 4 is 49.8 Å². The second-order valence-electron chi connectivity index (χ2n) is 13.7. The molecule has 10 aromatic rings. The molecule has 0 atom stereocenters. The summed E-state index contributed by atoms with van der Waals surface area (Å²) in [5, 5.41) is 4.54. The molecule has 0 N–H and O–H groups in total. The number of nitrogens with zero attached hydrogens (tertiary/aromatic N) is 1. The second kappa shape index (κ2) is 13.4. The molecule has 2 nitrogen and oxygen atoms in total. The van der Waals surface area contributed by atoms with E-state index in [-0.39, 0.29) is 0 Å². The fourth-order valence-electron chi connectivity index (χ4n) is 7.82. The molecule has 0 amide bonds. The first-order valence-electron chi connectivity index (χ1n) is 18.4. The lowest BCUT2D eigenvalue weighted by atomic mass is 9.94. The van der Waals surface area contributed by atoms with Crippen LogP contribution in [0.25, 0.3) is 77.2 Å². The van der Waals surface area contributed by atoms with Crippen molar-refractivity contribution in [2.45, 2.75) is 0 Å². The molecule has 0 aliphatic heterocycles. The van der Waals surface area contributed by atoms with E-state index in [1.165, 1.54) is 33.4 Å². The Morgan fingerprint density at radius 2 is 0.704 bits per heavy atom. The third-order valence-corrected chi connectivity index (χ3v) is 10.5. The monoisotopic (exact) mass is 689 g/mol. The highest BCUT2D eigenvalue weighted by molar-refractivity contribution is 6.17. The molecule has 1 heterocycles. The summed E-state index contributed by atoms with van der Waals surface area (Å²) in [6, 6.07) is 75.8. The molecule has 10 rings (SSSR count). The molecule has 0 aliphatic rings. The Morgan fingerprint density at radius 1 is 0.278 bits per heavy atom. The van der Waals surface area contributed by atoms with E-state index in [9.17, 15) is 0 Å². The van der Waals surface area contributed by atoms with Crippen molar-refractivity contribution in [2.75, 3.05) is 4.90 Å². The fourth-order valence-corrected chi connectivity index (χ4v) is 7.82. The molecule has 2 heteroatoms. The van der Waals surface area contributed by atoms with Gasteiger partial charge in [0.05, 0.1) is 5.69 Å². The van der Waals surface area contributed by atoms with Crippen molar-refractivity contribution < 1.29 is 4.42 Å². The fraction of sp³-hybridized carbons (Fsp3) is 0. The minimum Gasteiger partial charge on any atom is -0.455 e. The average Bonchev–Trinajstić information content (AvgIpc) is 3.64. The topological polar surface area (TPSA) is 16.4 Å². The van der Waals surface area contributed by atoms with Gasteiger partial charge >= 0.3 is 0 Å². The number of rotatable bonds is 7. The van der Waals surface area contributed by atoms with Gasteiger partial charge in [-0.05, 0) is 86.8 Å². The molecular weight excluding hydrogens is 655 g/mol. The third-order valence-electron chi connectivity index (χ3n) is 10.5. The highest BCUT2D eigenvalue weighted by Crippen LogP contribution is 2.45. The molecule has 0 fully saturated rings. The summed E-state index contributed by atoms with van der Waals surface area (Å²) in [7, 11) is 0. The minimum absolute atomic E-state index is 0.909. The first-order valence-corrected chi connectivity index (χ1v) is 18.4. The molecule has 0 bridgehead atoms. The summed E-state index contributed by atoms with van der Waals surface area (Å²) in [5.41, 5.74) is 14.6. The number of para-hydroxylation sites is 2. The summed E-state index contributed by atoms with van der Waals surface area (Å²) in [6.45, 7) is 0. The van der Waals surface area contributed by atoms with E-state index in [1.807, 2.05) is 12.1 Å². The first-order chi connectivity index (χ1) is 26.8. The van der Waals surface area contributed by atoms with Crippen LogP contribution in [0.15, 0.2) is 217 Å². The normalized spacial score (nSPS) is 11.3. The van der Waals surface area contributed by atoms with Crippen molar-refractivity contribution in [2.24, 2.45) is 0 Å². The lowest BCUT2D eigenvalue weighted by molar-refractivity contribution is 0.672. The minimum atomic E-state index is 0.909. The van der Waals surface area contributed by atoms with E-state index >= 15 is 0 Å². The van der Waals surface area contributed by atoms with E-state index < -0.39 is 0 Å². The molecule has 54 heavy (non-hydrogen) atoms. The Labute approximate surface area is 314 Å². The van der Waals surface area contributed by atoms with Crippen LogP contribution in [0.5, 0.6) is 0 Å². The highest BCUT2D eigenvalue weighted by atomic mass is 16.3. The lowest BCUT2D eigenvalue weighted by Gasteiger charge is -2.28. The zero-order valence-electron chi connectivity index (χ0n) is 29.6. The molecule has 0 unspecified atom stereocenters. The van der Waals surface area contributed by atoms with Gasteiger partial charge in [0.15, 0.2) is 0 Å².